The van der Waals surface area contributed by atoms with Crippen molar-refractivity contribution >= 4 is 0 Å². The van der Waals surface area contributed by atoms with E-state index in [9.17, 15) is 5.11 Å². The molecule has 1 unspecified atom stereocenters. The average Bonchev–Trinajstić information content (AvgIpc) is 2.46. The van der Waals surface area contributed by atoms with Crippen LogP contribution in [-0.4, -0.2) is 18.8 Å². The molecule has 0 aliphatic carbocycles. The molecule has 2 aromatic rings. The molecule has 1 N–H and O–H groups in total. The molecule has 0 aliphatic heterocycles. The van der Waals surface area contributed by atoms with E-state index in [2.05, 4.69) is 25.1 Å². The monoisotopic (exact) mass is 256 g/mol. The zero-order valence-electron chi connectivity index (χ0n) is 11.5. The summed E-state index contributed by atoms with van der Waals surface area (Å²) < 4.78 is 5.24. The van der Waals surface area contributed by atoms with Crippen LogP contribution in [-0.2, 0) is 6.42 Å². The fourth-order valence-electron chi connectivity index (χ4n) is 2.40. The van der Waals surface area contributed by atoms with Crippen LogP contribution in [0.25, 0.3) is 0 Å². The molecule has 0 bridgehead atoms. The number of benzene rings is 2. The maximum absolute atomic E-state index is 9.66. The van der Waals surface area contributed by atoms with Gasteiger partial charge < -0.3 is 9.84 Å². The van der Waals surface area contributed by atoms with E-state index in [0.717, 1.165) is 12.2 Å². The number of hydrogen-bond acceptors (Lipinski definition) is 2. The first kappa shape index (κ1) is 13.6. The van der Waals surface area contributed by atoms with E-state index in [4.69, 9.17) is 4.74 Å². The molecule has 0 aromatic heterocycles. The van der Waals surface area contributed by atoms with Gasteiger partial charge in [-0.2, -0.15) is 0 Å². The predicted octanol–water partition coefficient (Wildman–Crippen LogP) is 3.32. The Kier molecular flexibility index (Phi) is 4.58. The van der Waals surface area contributed by atoms with E-state index < -0.39 is 0 Å². The van der Waals surface area contributed by atoms with Crippen LogP contribution in [0.2, 0.25) is 0 Å². The molecule has 0 saturated heterocycles. The highest BCUT2D eigenvalue weighted by Crippen LogP contribution is 2.25. The standard InChI is InChI=1S/C17H20O2/c1-13-6-3-4-9-17(13)15(12-18)10-14-7-5-8-16(11-14)19-2/h3-9,11,15,18H,10,12H2,1-2H3. The maximum atomic E-state index is 9.66. The molecule has 2 rings (SSSR count). The third kappa shape index (κ3) is 3.36. The first-order chi connectivity index (χ1) is 9.24. The number of hydrogen-bond donors (Lipinski definition) is 1. The Hall–Kier alpha value is -1.80. The minimum Gasteiger partial charge on any atom is -0.497 e. The summed E-state index contributed by atoms with van der Waals surface area (Å²) in [5, 5.41) is 9.66. The molecule has 2 aromatic carbocycles. The lowest BCUT2D eigenvalue weighted by Gasteiger charge is -2.17. The number of aliphatic hydroxyl groups is 1. The smallest absolute Gasteiger partial charge is 0.119 e. The van der Waals surface area contributed by atoms with Gasteiger partial charge in [0.15, 0.2) is 0 Å². The maximum Gasteiger partial charge on any atom is 0.119 e. The van der Waals surface area contributed by atoms with Crippen LogP contribution in [0, 0.1) is 6.92 Å². The Morgan fingerprint density at radius 3 is 2.58 bits per heavy atom. The van der Waals surface area contributed by atoms with Crippen LogP contribution in [0.3, 0.4) is 0 Å². The van der Waals surface area contributed by atoms with Crippen LogP contribution < -0.4 is 4.74 Å². The van der Waals surface area contributed by atoms with Crippen molar-refractivity contribution in [3.05, 3.63) is 65.2 Å². The zero-order valence-corrected chi connectivity index (χ0v) is 11.5. The Morgan fingerprint density at radius 2 is 1.89 bits per heavy atom. The van der Waals surface area contributed by atoms with Gasteiger partial charge in [0.1, 0.15) is 5.75 Å². The molecule has 0 fully saturated rings. The predicted molar refractivity (Wildman–Crippen MR) is 77.7 cm³/mol. The molecule has 1 atom stereocenters. The van der Waals surface area contributed by atoms with E-state index in [1.807, 2.05) is 30.3 Å². The lowest BCUT2D eigenvalue weighted by atomic mass is 9.90. The fourth-order valence-corrected chi connectivity index (χ4v) is 2.40. The summed E-state index contributed by atoms with van der Waals surface area (Å²) in [5.41, 5.74) is 3.62. The second-order valence-corrected chi connectivity index (χ2v) is 4.79. The van der Waals surface area contributed by atoms with Crippen molar-refractivity contribution in [1.29, 1.82) is 0 Å². The SMILES string of the molecule is COc1cccc(CC(CO)c2ccccc2C)c1. The molecule has 0 amide bonds. The van der Waals surface area contributed by atoms with Crippen LogP contribution in [0.4, 0.5) is 0 Å². The summed E-state index contributed by atoms with van der Waals surface area (Å²) in [5.74, 6) is 0.993. The summed E-state index contributed by atoms with van der Waals surface area (Å²) in [7, 11) is 1.67. The molecule has 19 heavy (non-hydrogen) atoms. The Labute approximate surface area is 114 Å². The third-order valence-corrected chi connectivity index (χ3v) is 3.46. The van der Waals surface area contributed by atoms with Crippen LogP contribution in [0.15, 0.2) is 48.5 Å². The van der Waals surface area contributed by atoms with Gasteiger partial charge in [-0.1, -0.05) is 36.4 Å². The van der Waals surface area contributed by atoms with Gasteiger partial charge in [0.2, 0.25) is 0 Å². The van der Waals surface area contributed by atoms with Crippen molar-refractivity contribution < 1.29 is 9.84 Å². The lowest BCUT2D eigenvalue weighted by molar-refractivity contribution is 0.264. The summed E-state index contributed by atoms with van der Waals surface area (Å²) in [6, 6.07) is 16.3. The summed E-state index contributed by atoms with van der Waals surface area (Å²) in [6.07, 6.45) is 0.818. The molecule has 0 heterocycles. The van der Waals surface area contributed by atoms with Gasteiger partial charge in [-0.05, 0) is 42.2 Å². The first-order valence-corrected chi connectivity index (χ1v) is 6.54. The van der Waals surface area contributed by atoms with E-state index in [-0.39, 0.29) is 12.5 Å². The van der Waals surface area contributed by atoms with Crippen molar-refractivity contribution in [3.8, 4) is 5.75 Å². The van der Waals surface area contributed by atoms with E-state index in [0.29, 0.717) is 0 Å². The normalized spacial score (nSPS) is 12.2. The largest absolute Gasteiger partial charge is 0.497 e. The zero-order chi connectivity index (χ0) is 13.7. The third-order valence-electron chi connectivity index (χ3n) is 3.46. The lowest BCUT2D eigenvalue weighted by Crippen LogP contribution is -2.09. The van der Waals surface area contributed by atoms with Gasteiger partial charge >= 0.3 is 0 Å². The van der Waals surface area contributed by atoms with E-state index in [1.54, 1.807) is 7.11 Å². The number of rotatable bonds is 5. The van der Waals surface area contributed by atoms with Crippen molar-refractivity contribution in [2.45, 2.75) is 19.3 Å². The van der Waals surface area contributed by atoms with E-state index >= 15 is 0 Å². The highest BCUT2D eigenvalue weighted by atomic mass is 16.5. The summed E-state index contributed by atoms with van der Waals surface area (Å²) >= 11 is 0. The molecule has 100 valence electrons. The van der Waals surface area contributed by atoms with E-state index in [1.165, 1.54) is 16.7 Å². The van der Waals surface area contributed by atoms with Crippen molar-refractivity contribution in [1.82, 2.24) is 0 Å². The van der Waals surface area contributed by atoms with Crippen LogP contribution in [0.1, 0.15) is 22.6 Å². The van der Waals surface area contributed by atoms with Crippen molar-refractivity contribution in [2.24, 2.45) is 0 Å². The highest BCUT2D eigenvalue weighted by molar-refractivity contribution is 5.33. The molecular formula is C17H20O2. The fraction of sp³-hybridized carbons (Fsp3) is 0.294. The van der Waals surface area contributed by atoms with Gasteiger partial charge in [-0.15, -0.1) is 0 Å². The molecule has 0 aliphatic rings. The number of aliphatic hydroxyl groups excluding tert-OH is 1. The first-order valence-electron chi connectivity index (χ1n) is 6.54. The van der Waals surface area contributed by atoms with Gasteiger partial charge in [-0.3, -0.25) is 0 Å². The molecule has 0 saturated carbocycles. The molecular weight excluding hydrogens is 236 g/mol. The Balaban J connectivity index is 2.21. The molecule has 0 spiro atoms. The van der Waals surface area contributed by atoms with Gasteiger partial charge in [-0.25, -0.2) is 0 Å². The topological polar surface area (TPSA) is 29.5 Å². The second-order valence-electron chi connectivity index (χ2n) is 4.79. The van der Waals surface area contributed by atoms with Gasteiger partial charge in [0, 0.05) is 5.92 Å². The number of aryl methyl sites for hydroxylation is 1. The molecule has 2 heteroatoms. The molecule has 0 radical (unpaired) electrons. The van der Waals surface area contributed by atoms with Crippen molar-refractivity contribution in [2.75, 3.05) is 13.7 Å². The molecule has 2 nitrogen and oxygen atoms in total. The van der Waals surface area contributed by atoms with Crippen LogP contribution in [0.5, 0.6) is 5.75 Å². The second kappa shape index (κ2) is 6.39. The minimum atomic E-state index is 0.133. The number of ether oxygens (including phenoxy) is 1. The quantitative estimate of drug-likeness (QED) is 0.889. The highest BCUT2D eigenvalue weighted by Gasteiger charge is 2.13. The summed E-state index contributed by atoms with van der Waals surface area (Å²) in [6.45, 7) is 2.24. The summed E-state index contributed by atoms with van der Waals surface area (Å²) in [4.78, 5) is 0. The number of methoxy groups -OCH3 is 1. The van der Waals surface area contributed by atoms with Crippen LogP contribution >= 0.6 is 0 Å². The van der Waals surface area contributed by atoms with Gasteiger partial charge in [0.25, 0.3) is 0 Å². The minimum absolute atomic E-state index is 0.133. The Bertz CT molecular complexity index is 534. The van der Waals surface area contributed by atoms with Crippen molar-refractivity contribution in [3.63, 3.8) is 0 Å². The van der Waals surface area contributed by atoms with Gasteiger partial charge in [0.05, 0.1) is 13.7 Å². The average molecular weight is 256 g/mol. The Morgan fingerprint density at radius 1 is 1.11 bits per heavy atom.